The van der Waals surface area contributed by atoms with E-state index in [-0.39, 0.29) is 0 Å². The van der Waals surface area contributed by atoms with Gasteiger partial charge in [0.2, 0.25) is 0 Å². The summed E-state index contributed by atoms with van der Waals surface area (Å²) in [7, 11) is 2.13. The fourth-order valence-electron chi connectivity index (χ4n) is 1.80. The quantitative estimate of drug-likeness (QED) is 0.675. The Morgan fingerprint density at radius 3 is 2.83 bits per heavy atom. The summed E-state index contributed by atoms with van der Waals surface area (Å²) in [6.07, 6.45) is 2.84. The molecule has 18 heavy (non-hydrogen) atoms. The van der Waals surface area contributed by atoms with Gasteiger partial charge < -0.3 is 5.32 Å². The SMILES string of the molecule is CCCNCCN(C)Cc1ncnn1CC(C)C. The topological polar surface area (TPSA) is 46.0 Å². The van der Waals surface area contributed by atoms with Gasteiger partial charge >= 0.3 is 0 Å². The summed E-state index contributed by atoms with van der Waals surface area (Å²) >= 11 is 0. The van der Waals surface area contributed by atoms with E-state index in [1.807, 2.05) is 4.68 Å². The molecule has 1 aromatic rings. The fourth-order valence-corrected chi connectivity index (χ4v) is 1.80. The third-order valence-electron chi connectivity index (χ3n) is 2.74. The molecule has 0 amide bonds. The Morgan fingerprint density at radius 2 is 2.17 bits per heavy atom. The maximum absolute atomic E-state index is 4.34. The highest BCUT2D eigenvalue weighted by Gasteiger charge is 2.08. The second-order valence-corrected chi connectivity index (χ2v) is 5.24. The van der Waals surface area contributed by atoms with Crippen LogP contribution in [0, 0.1) is 5.92 Å². The summed E-state index contributed by atoms with van der Waals surface area (Å²) in [6, 6.07) is 0. The Labute approximate surface area is 111 Å². The van der Waals surface area contributed by atoms with E-state index in [2.05, 4.69) is 48.1 Å². The first-order valence-electron chi connectivity index (χ1n) is 6.89. The monoisotopic (exact) mass is 253 g/mol. The average Bonchev–Trinajstić information content (AvgIpc) is 2.71. The molecular formula is C13H27N5. The van der Waals surface area contributed by atoms with Gasteiger partial charge in [-0.05, 0) is 25.9 Å². The lowest BCUT2D eigenvalue weighted by molar-refractivity contribution is 0.304. The first-order valence-corrected chi connectivity index (χ1v) is 6.89. The van der Waals surface area contributed by atoms with Crippen molar-refractivity contribution < 1.29 is 0 Å². The summed E-state index contributed by atoms with van der Waals surface area (Å²) < 4.78 is 2.01. The molecule has 0 fully saturated rings. The summed E-state index contributed by atoms with van der Waals surface area (Å²) in [4.78, 5) is 6.62. The van der Waals surface area contributed by atoms with Crippen LogP contribution in [0.15, 0.2) is 6.33 Å². The van der Waals surface area contributed by atoms with Crippen LogP contribution in [-0.2, 0) is 13.1 Å². The van der Waals surface area contributed by atoms with Gasteiger partial charge in [0.1, 0.15) is 12.2 Å². The second-order valence-electron chi connectivity index (χ2n) is 5.24. The van der Waals surface area contributed by atoms with E-state index >= 15 is 0 Å². The van der Waals surface area contributed by atoms with Crippen molar-refractivity contribution in [1.82, 2.24) is 25.0 Å². The van der Waals surface area contributed by atoms with E-state index in [0.29, 0.717) is 5.92 Å². The number of hydrogen-bond donors (Lipinski definition) is 1. The number of nitrogens with zero attached hydrogens (tertiary/aromatic N) is 4. The molecule has 0 unspecified atom stereocenters. The van der Waals surface area contributed by atoms with Crippen LogP contribution in [0.4, 0.5) is 0 Å². The lowest BCUT2D eigenvalue weighted by Gasteiger charge is -2.17. The van der Waals surface area contributed by atoms with Crippen molar-refractivity contribution in [3.8, 4) is 0 Å². The smallest absolute Gasteiger partial charge is 0.141 e. The zero-order valence-electron chi connectivity index (χ0n) is 12.2. The van der Waals surface area contributed by atoms with Gasteiger partial charge in [-0.15, -0.1) is 0 Å². The largest absolute Gasteiger partial charge is 0.315 e. The van der Waals surface area contributed by atoms with Gasteiger partial charge in [0.25, 0.3) is 0 Å². The van der Waals surface area contributed by atoms with Crippen LogP contribution < -0.4 is 5.32 Å². The molecule has 0 saturated heterocycles. The Hall–Kier alpha value is -0.940. The Balaban J connectivity index is 2.34. The van der Waals surface area contributed by atoms with Crippen LogP contribution in [0.5, 0.6) is 0 Å². The number of rotatable bonds is 9. The van der Waals surface area contributed by atoms with E-state index in [1.165, 1.54) is 6.42 Å². The van der Waals surface area contributed by atoms with Crippen LogP contribution in [-0.4, -0.2) is 46.3 Å². The molecule has 0 atom stereocenters. The molecule has 0 aliphatic heterocycles. The summed E-state index contributed by atoms with van der Waals surface area (Å²) in [6.45, 7) is 11.5. The van der Waals surface area contributed by atoms with Crippen LogP contribution in [0.3, 0.4) is 0 Å². The normalized spacial score (nSPS) is 11.7. The van der Waals surface area contributed by atoms with Crippen LogP contribution in [0.1, 0.15) is 33.0 Å². The minimum absolute atomic E-state index is 0.599. The molecule has 0 aliphatic carbocycles. The first-order chi connectivity index (χ1) is 8.63. The van der Waals surface area contributed by atoms with Crippen LogP contribution in [0.2, 0.25) is 0 Å². The summed E-state index contributed by atoms with van der Waals surface area (Å²) in [5.74, 6) is 1.66. The van der Waals surface area contributed by atoms with Gasteiger partial charge in [-0.2, -0.15) is 5.10 Å². The molecule has 1 heterocycles. The van der Waals surface area contributed by atoms with E-state index in [1.54, 1.807) is 6.33 Å². The molecule has 0 radical (unpaired) electrons. The summed E-state index contributed by atoms with van der Waals surface area (Å²) in [5.41, 5.74) is 0. The van der Waals surface area contributed by atoms with Gasteiger partial charge in [0.05, 0.1) is 6.54 Å². The lowest BCUT2D eigenvalue weighted by Crippen LogP contribution is -2.30. The third-order valence-corrected chi connectivity index (χ3v) is 2.74. The standard InChI is InChI=1S/C13H27N5/c1-5-6-14-7-8-17(4)10-13-15-11-16-18(13)9-12(2)3/h11-12,14H,5-10H2,1-4H3. The van der Waals surface area contributed by atoms with Crippen molar-refractivity contribution >= 4 is 0 Å². The van der Waals surface area contributed by atoms with E-state index in [0.717, 1.165) is 38.5 Å². The van der Waals surface area contributed by atoms with E-state index in [4.69, 9.17) is 0 Å². The maximum Gasteiger partial charge on any atom is 0.141 e. The molecule has 1 rings (SSSR count). The number of hydrogen-bond acceptors (Lipinski definition) is 4. The predicted octanol–water partition coefficient (Wildman–Crippen LogP) is 1.37. The Morgan fingerprint density at radius 1 is 1.39 bits per heavy atom. The molecule has 0 aliphatic rings. The maximum atomic E-state index is 4.34. The minimum Gasteiger partial charge on any atom is -0.315 e. The van der Waals surface area contributed by atoms with Crippen molar-refractivity contribution in [1.29, 1.82) is 0 Å². The van der Waals surface area contributed by atoms with Crippen molar-refractivity contribution in [2.45, 2.75) is 40.3 Å². The Bertz CT molecular complexity index is 321. The molecule has 0 spiro atoms. The van der Waals surface area contributed by atoms with Crippen molar-refractivity contribution in [2.75, 3.05) is 26.7 Å². The van der Waals surface area contributed by atoms with Crippen LogP contribution in [0.25, 0.3) is 0 Å². The molecule has 0 aromatic carbocycles. The fraction of sp³-hybridized carbons (Fsp3) is 0.846. The average molecular weight is 253 g/mol. The second kappa shape index (κ2) is 8.21. The minimum atomic E-state index is 0.599. The van der Waals surface area contributed by atoms with Gasteiger partial charge in [-0.25, -0.2) is 9.67 Å². The van der Waals surface area contributed by atoms with Crippen molar-refractivity contribution in [3.05, 3.63) is 12.2 Å². The predicted molar refractivity (Wildman–Crippen MR) is 74.4 cm³/mol. The zero-order valence-corrected chi connectivity index (χ0v) is 12.2. The van der Waals surface area contributed by atoms with Crippen LogP contribution >= 0.6 is 0 Å². The molecule has 0 bridgehead atoms. The highest BCUT2D eigenvalue weighted by atomic mass is 15.3. The first kappa shape index (κ1) is 15.1. The molecular weight excluding hydrogens is 226 g/mol. The van der Waals surface area contributed by atoms with Crippen molar-refractivity contribution in [3.63, 3.8) is 0 Å². The van der Waals surface area contributed by atoms with E-state index in [9.17, 15) is 0 Å². The number of aromatic nitrogens is 3. The Kier molecular flexibility index (Phi) is 6.90. The van der Waals surface area contributed by atoms with Gasteiger partial charge in [-0.3, -0.25) is 4.90 Å². The zero-order chi connectivity index (χ0) is 13.4. The lowest BCUT2D eigenvalue weighted by atomic mass is 10.2. The van der Waals surface area contributed by atoms with Gasteiger partial charge in [0, 0.05) is 19.6 Å². The molecule has 0 saturated carbocycles. The van der Waals surface area contributed by atoms with Crippen molar-refractivity contribution in [2.24, 2.45) is 5.92 Å². The highest BCUT2D eigenvalue weighted by molar-refractivity contribution is 4.84. The highest BCUT2D eigenvalue weighted by Crippen LogP contribution is 2.03. The molecule has 1 N–H and O–H groups in total. The number of likely N-dealkylation sites (N-methyl/N-ethyl adjacent to an activating group) is 1. The van der Waals surface area contributed by atoms with E-state index < -0.39 is 0 Å². The molecule has 104 valence electrons. The molecule has 5 heteroatoms. The van der Waals surface area contributed by atoms with Gasteiger partial charge in [-0.1, -0.05) is 20.8 Å². The molecule has 5 nitrogen and oxygen atoms in total. The third kappa shape index (κ3) is 5.60. The number of nitrogens with one attached hydrogen (secondary N) is 1. The summed E-state index contributed by atoms with van der Waals surface area (Å²) in [5, 5.41) is 7.69. The molecule has 1 aromatic heterocycles. The van der Waals surface area contributed by atoms with Gasteiger partial charge in [0.15, 0.2) is 0 Å².